The Morgan fingerprint density at radius 2 is 0.500 bits per heavy atom. The Morgan fingerprint density at radius 3 is 0.719 bits per heavy atom. The molecule has 13 aromatic carbocycles. The number of rotatable bonds is 24. The quantitative estimate of drug-likeness (QED) is 0.0182. The van der Waals surface area contributed by atoms with Crippen LogP contribution in [0.4, 0.5) is 0 Å². The summed E-state index contributed by atoms with van der Waals surface area (Å²) in [4.78, 5) is 101. The van der Waals surface area contributed by atoms with E-state index in [9.17, 15) is 0 Å². The van der Waals surface area contributed by atoms with Crippen molar-refractivity contribution in [2.45, 2.75) is 119 Å². The highest BCUT2D eigenvalue weighted by Crippen LogP contribution is 2.59. The van der Waals surface area contributed by atoms with Crippen molar-refractivity contribution in [3.8, 4) is 80.5 Å². The second kappa shape index (κ2) is 30.5. The van der Waals surface area contributed by atoms with Crippen LogP contribution in [0.25, 0.3) is 43.1 Å². The first-order chi connectivity index (χ1) is 54.7. The SMILES string of the molecule is COc1cc(OC)cc(OC(=O)C(c2ccccc2)N2C(=O)c3cc(Oc4ccc(C(C)C)cc4C)c4c5c(Oc6ccc(C(C)C)cc6C)cc6c7c(cc(Oc8ccc(C(C)C)cc8C)c(c8c(Oc9ccc(C(C)C)cc9C)cc(c3c48)C2=O)c75)C(=O)N(C(C(=O)Oc2cc(OC)cc(OC)c2)c2ccccc2)C6=O)c1. The zero-order valence-electron chi connectivity index (χ0n) is 66.4. The van der Waals surface area contributed by atoms with Crippen LogP contribution in [0.3, 0.4) is 0 Å². The Kier molecular flexibility index (Phi) is 20.4. The molecule has 0 spiro atoms. The molecule has 0 bridgehead atoms. The Labute approximate surface area is 660 Å². The number of hydrogen-bond donors (Lipinski definition) is 0. The molecule has 2 heterocycles. The van der Waals surface area contributed by atoms with Crippen LogP contribution in [0.5, 0.6) is 80.5 Å². The lowest BCUT2D eigenvalue weighted by Crippen LogP contribution is -2.47. The minimum absolute atomic E-state index is 0.00413. The fourth-order valence-electron chi connectivity index (χ4n) is 15.5. The minimum Gasteiger partial charge on any atom is -0.496 e. The number of aryl methyl sites for hydroxylation is 4. The fraction of sp³-hybridized carbons (Fsp3) is 0.229. The van der Waals surface area contributed by atoms with E-state index in [1.165, 1.54) is 52.7 Å². The van der Waals surface area contributed by atoms with Crippen LogP contribution in [-0.2, 0) is 9.59 Å². The lowest BCUT2D eigenvalue weighted by Gasteiger charge is -2.35. The topological polar surface area (TPSA) is 201 Å². The molecule has 0 aromatic heterocycles. The van der Waals surface area contributed by atoms with E-state index >= 15 is 28.8 Å². The van der Waals surface area contributed by atoms with Crippen LogP contribution in [0.2, 0.25) is 0 Å². The van der Waals surface area contributed by atoms with Gasteiger partial charge in [0.2, 0.25) is 0 Å². The van der Waals surface area contributed by atoms with Crippen LogP contribution < -0.4 is 47.4 Å². The molecule has 2 aliphatic heterocycles. The van der Waals surface area contributed by atoms with E-state index in [0.29, 0.717) is 46.0 Å². The number of carbonyl (C=O) groups excluding carboxylic acids is 6. The predicted molar refractivity (Wildman–Crippen MR) is 439 cm³/mol. The summed E-state index contributed by atoms with van der Waals surface area (Å²) >= 11 is 0. The van der Waals surface area contributed by atoms with Gasteiger partial charge in [-0.15, -0.1) is 0 Å². The van der Waals surface area contributed by atoms with Gasteiger partial charge in [0.25, 0.3) is 23.6 Å². The number of amides is 4. The van der Waals surface area contributed by atoms with Gasteiger partial charge in [-0.2, -0.15) is 0 Å². The zero-order chi connectivity index (χ0) is 80.6. The molecule has 2 atom stereocenters. The summed E-state index contributed by atoms with van der Waals surface area (Å²) in [7, 11) is 5.83. The zero-order valence-corrected chi connectivity index (χ0v) is 66.4. The smallest absolute Gasteiger partial charge is 0.339 e. The molecule has 0 saturated carbocycles. The molecule has 2 aliphatic rings. The van der Waals surface area contributed by atoms with Gasteiger partial charge in [-0.25, -0.2) is 9.59 Å². The normalized spacial score (nSPS) is 13.3. The summed E-state index contributed by atoms with van der Waals surface area (Å²) in [6.45, 7) is 24.4. The van der Waals surface area contributed by atoms with Crippen molar-refractivity contribution in [2.75, 3.05) is 28.4 Å². The van der Waals surface area contributed by atoms with Gasteiger partial charge in [0.1, 0.15) is 80.5 Å². The molecule has 18 heteroatoms. The van der Waals surface area contributed by atoms with Crippen molar-refractivity contribution in [1.29, 1.82) is 0 Å². The van der Waals surface area contributed by atoms with E-state index in [1.807, 2.05) is 100 Å². The van der Waals surface area contributed by atoms with E-state index in [1.54, 1.807) is 97.1 Å². The number of methoxy groups -OCH3 is 4. The number of imide groups is 2. The second-order valence-corrected chi connectivity index (χ2v) is 30.3. The first-order valence-corrected chi connectivity index (χ1v) is 38.0. The summed E-state index contributed by atoms with van der Waals surface area (Å²) in [6.07, 6.45) is 0. The summed E-state index contributed by atoms with van der Waals surface area (Å²) < 4.78 is 65.0. The van der Waals surface area contributed by atoms with Crippen LogP contribution in [-0.4, -0.2) is 73.8 Å². The summed E-state index contributed by atoms with van der Waals surface area (Å²) in [5, 5.41) is 1.75. The first-order valence-electron chi connectivity index (χ1n) is 38.0. The van der Waals surface area contributed by atoms with Crippen LogP contribution >= 0.6 is 0 Å². The number of nitrogens with zero attached hydrogens (tertiary/aromatic N) is 2. The molecule has 13 aromatic rings. The van der Waals surface area contributed by atoms with Gasteiger partial charge in [-0.05, 0) is 156 Å². The standard InChI is InChI=1S/C96H86N2O16/c1-49(2)59-27-31-73(53(9)35-59)111-77-45-69-81-70(92(100)97(91(69)99)89(57-23-19-17-20-24-57)95(103)109-67-41-63(105-13)39-64(42-67)106-14)47-79(113-75-33-29-61(51(5)6)37-55(75)11)85-86-80(114-76-34-30-62(52(7)8)38-56(76)12)48-72-82-71(46-78(84(88(82)86)83(77)87(81)85)112-74-32-28-60(50(3)4)36-54(74)10)93(101)98(94(72)102)90(58-25-21-18-22-26-58)96(104)110-68-43-65(107-15)40-66(44-68)108-16/h17-52,89-90H,1-16H3. The third kappa shape index (κ3) is 13.7. The maximum Gasteiger partial charge on any atom is 0.339 e. The van der Waals surface area contributed by atoms with Crippen molar-refractivity contribution in [1.82, 2.24) is 9.80 Å². The van der Waals surface area contributed by atoms with Crippen molar-refractivity contribution in [3.05, 3.63) is 272 Å². The predicted octanol–water partition coefficient (Wildman–Crippen LogP) is 22.6. The number of carbonyl (C=O) groups is 6. The van der Waals surface area contributed by atoms with Crippen LogP contribution in [0.15, 0.2) is 194 Å². The molecular weight excluding hydrogens is 1440 g/mol. The molecule has 114 heavy (non-hydrogen) atoms. The van der Waals surface area contributed by atoms with Gasteiger partial charge in [-0.1, -0.05) is 165 Å². The number of hydrogen-bond acceptors (Lipinski definition) is 16. The molecule has 0 saturated heterocycles. The highest BCUT2D eigenvalue weighted by atomic mass is 16.6. The Bertz CT molecular complexity index is 5440. The molecule has 2 unspecified atom stereocenters. The lowest BCUT2D eigenvalue weighted by molar-refractivity contribution is -0.140. The summed E-state index contributed by atoms with van der Waals surface area (Å²) in [5.41, 5.74) is 7.17. The third-order valence-electron chi connectivity index (χ3n) is 21.6. The molecule has 0 fully saturated rings. The molecule has 15 rings (SSSR count). The van der Waals surface area contributed by atoms with E-state index < -0.39 is 47.7 Å². The first kappa shape index (κ1) is 76.2. The van der Waals surface area contributed by atoms with Crippen molar-refractivity contribution in [2.24, 2.45) is 0 Å². The van der Waals surface area contributed by atoms with E-state index in [-0.39, 0.29) is 135 Å². The molecule has 18 nitrogen and oxygen atoms in total. The van der Waals surface area contributed by atoms with E-state index in [0.717, 1.165) is 54.3 Å². The van der Waals surface area contributed by atoms with Crippen molar-refractivity contribution < 1.29 is 76.1 Å². The van der Waals surface area contributed by atoms with Gasteiger partial charge in [0.05, 0.1) is 50.7 Å². The largest absolute Gasteiger partial charge is 0.496 e. The van der Waals surface area contributed by atoms with E-state index in [2.05, 4.69) is 55.4 Å². The van der Waals surface area contributed by atoms with Gasteiger partial charge < -0.3 is 47.4 Å². The lowest BCUT2D eigenvalue weighted by atomic mass is 9.80. The Morgan fingerprint density at radius 1 is 0.263 bits per heavy atom. The molecule has 0 N–H and O–H groups in total. The van der Waals surface area contributed by atoms with Gasteiger partial charge in [0, 0.05) is 79.5 Å². The average molecular weight is 1520 g/mol. The molecular formula is C96H86N2O16. The number of esters is 2. The average Bonchev–Trinajstić information content (AvgIpc) is 0.668. The van der Waals surface area contributed by atoms with Gasteiger partial charge >= 0.3 is 11.9 Å². The minimum atomic E-state index is -1.75. The highest BCUT2D eigenvalue weighted by molar-refractivity contribution is 6.45. The maximum absolute atomic E-state index is 16.9. The summed E-state index contributed by atoms with van der Waals surface area (Å²) in [5.74, 6) is -2.23. The fourth-order valence-corrected chi connectivity index (χ4v) is 15.5. The molecule has 576 valence electrons. The van der Waals surface area contributed by atoms with E-state index in [4.69, 9.17) is 47.4 Å². The Balaban J connectivity index is 1.11. The number of fused-ring (bicyclic) bond motifs is 2. The Hall–Kier alpha value is -13.2. The summed E-state index contributed by atoms with van der Waals surface area (Å²) in [6, 6.07) is 52.3. The molecule has 0 aliphatic carbocycles. The van der Waals surface area contributed by atoms with Crippen LogP contribution in [0.1, 0.15) is 188 Å². The van der Waals surface area contributed by atoms with Gasteiger partial charge in [-0.3, -0.25) is 29.0 Å². The van der Waals surface area contributed by atoms with Gasteiger partial charge in [0.15, 0.2) is 12.1 Å². The molecule has 4 amide bonds. The van der Waals surface area contributed by atoms with Crippen LogP contribution in [0, 0.1) is 27.7 Å². The third-order valence-corrected chi connectivity index (χ3v) is 21.6. The molecule has 0 radical (unpaired) electrons. The maximum atomic E-state index is 16.9. The number of ether oxygens (including phenoxy) is 10. The van der Waals surface area contributed by atoms with Crippen molar-refractivity contribution in [3.63, 3.8) is 0 Å². The van der Waals surface area contributed by atoms with Crippen molar-refractivity contribution >= 4 is 78.7 Å². The highest BCUT2D eigenvalue weighted by Gasteiger charge is 2.48. The monoisotopic (exact) mass is 1520 g/mol. The second-order valence-electron chi connectivity index (χ2n) is 30.3. The number of benzene rings is 13.